The summed E-state index contributed by atoms with van der Waals surface area (Å²) in [6, 6.07) is 11.8. The predicted octanol–water partition coefficient (Wildman–Crippen LogP) is 5.13. The molecule has 0 saturated heterocycles. The Hall–Kier alpha value is -2.74. The number of rotatable bonds is 6. The first-order valence-electron chi connectivity index (χ1n) is 9.10. The summed E-state index contributed by atoms with van der Waals surface area (Å²) in [5, 5.41) is 5.99. The maximum Gasteiger partial charge on any atom is 0.261 e. The molecule has 3 aromatic rings. The Kier molecular flexibility index (Phi) is 5.85. The molecule has 0 saturated carbocycles. The first-order chi connectivity index (χ1) is 14.4. The third-order valence-electron chi connectivity index (χ3n) is 4.62. The lowest BCUT2D eigenvalue weighted by Gasteiger charge is -2.13. The van der Waals surface area contributed by atoms with E-state index in [1.807, 2.05) is 0 Å². The van der Waals surface area contributed by atoms with E-state index in [2.05, 4.69) is 10.3 Å². The number of nitrogens with one attached hydrogen (secondary N) is 1. The maximum absolute atomic E-state index is 12.3. The van der Waals surface area contributed by atoms with Gasteiger partial charge in [0, 0.05) is 28.9 Å². The van der Waals surface area contributed by atoms with Gasteiger partial charge in [-0.2, -0.15) is 0 Å². The minimum Gasteiger partial charge on any atom is -0.302 e. The third kappa shape index (κ3) is 4.09. The standard InChI is InChI=1S/C21H15Cl2N3O3S/c22-12-7-8-15(16(23)10-12)17-11-30-21(24-17)25-18(27)6-3-9-26-19(28)13-4-1-2-5-14(13)20(26)29/h1-2,4-5,7-8,10-11H,3,6,9H2,(H,24,25,27). The summed E-state index contributed by atoms with van der Waals surface area (Å²) in [5.41, 5.74) is 2.18. The Morgan fingerprint density at radius 3 is 2.40 bits per heavy atom. The average molecular weight is 460 g/mol. The van der Waals surface area contributed by atoms with Crippen LogP contribution in [-0.2, 0) is 4.79 Å². The van der Waals surface area contributed by atoms with Gasteiger partial charge in [0.25, 0.3) is 11.8 Å². The van der Waals surface area contributed by atoms with Crippen molar-refractivity contribution in [2.45, 2.75) is 12.8 Å². The summed E-state index contributed by atoms with van der Waals surface area (Å²) in [4.78, 5) is 42.5. The maximum atomic E-state index is 12.3. The Bertz CT molecular complexity index is 1130. The number of nitrogens with zero attached hydrogens (tertiary/aromatic N) is 2. The van der Waals surface area contributed by atoms with Gasteiger partial charge < -0.3 is 5.32 Å². The van der Waals surface area contributed by atoms with Crippen LogP contribution in [0.1, 0.15) is 33.6 Å². The molecule has 1 N–H and O–H groups in total. The van der Waals surface area contributed by atoms with E-state index in [0.29, 0.717) is 38.4 Å². The second-order valence-electron chi connectivity index (χ2n) is 6.62. The second-order valence-corrected chi connectivity index (χ2v) is 8.32. The number of amides is 3. The molecule has 2 aromatic carbocycles. The van der Waals surface area contributed by atoms with E-state index in [9.17, 15) is 14.4 Å². The molecule has 6 nitrogen and oxygen atoms in total. The van der Waals surface area contributed by atoms with Crippen molar-refractivity contribution in [3.8, 4) is 11.3 Å². The number of thiazole rings is 1. The number of fused-ring (bicyclic) bond motifs is 1. The summed E-state index contributed by atoms with van der Waals surface area (Å²) >= 11 is 13.4. The SMILES string of the molecule is O=C(CCCN1C(=O)c2ccccc2C1=O)Nc1nc(-c2ccc(Cl)cc2Cl)cs1. The van der Waals surface area contributed by atoms with Crippen molar-refractivity contribution in [3.63, 3.8) is 0 Å². The van der Waals surface area contributed by atoms with Gasteiger partial charge in [-0.15, -0.1) is 11.3 Å². The lowest BCUT2D eigenvalue weighted by molar-refractivity contribution is -0.116. The third-order valence-corrected chi connectivity index (χ3v) is 5.93. The minimum absolute atomic E-state index is 0.157. The van der Waals surface area contributed by atoms with Gasteiger partial charge in [-0.25, -0.2) is 4.98 Å². The molecule has 1 aliphatic heterocycles. The summed E-state index contributed by atoms with van der Waals surface area (Å²) < 4.78 is 0. The van der Waals surface area contributed by atoms with Gasteiger partial charge in [-0.1, -0.05) is 35.3 Å². The summed E-state index contributed by atoms with van der Waals surface area (Å²) in [7, 11) is 0. The molecule has 4 rings (SSSR count). The topological polar surface area (TPSA) is 79.4 Å². The number of hydrogen-bond acceptors (Lipinski definition) is 5. The van der Waals surface area contributed by atoms with Crippen molar-refractivity contribution in [1.82, 2.24) is 9.88 Å². The van der Waals surface area contributed by atoms with Crippen molar-refractivity contribution in [2.24, 2.45) is 0 Å². The van der Waals surface area contributed by atoms with Crippen molar-refractivity contribution in [2.75, 3.05) is 11.9 Å². The highest BCUT2D eigenvalue weighted by atomic mass is 35.5. The number of carbonyl (C=O) groups excluding carboxylic acids is 3. The highest BCUT2D eigenvalue weighted by Crippen LogP contribution is 2.32. The van der Waals surface area contributed by atoms with Gasteiger partial charge in [0.2, 0.25) is 5.91 Å². The van der Waals surface area contributed by atoms with Crippen molar-refractivity contribution in [1.29, 1.82) is 0 Å². The summed E-state index contributed by atoms with van der Waals surface area (Å²) in [6.45, 7) is 0.184. The zero-order valence-electron chi connectivity index (χ0n) is 15.5. The number of halogens is 2. The number of carbonyl (C=O) groups is 3. The molecule has 0 spiro atoms. The highest BCUT2D eigenvalue weighted by molar-refractivity contribution is 7.14. The number of hydrogen-bond donors (Lipinski definition) is 1. The van der Waals surface area contributed by atoms with E-state index < -0.39 is 0 Å². The molecule has 0 radical (unpaired) electrons. The van der Waals surface area contributed by atoms with Crippen LogP contribution >= 0.6 is 34.5 Å². The van der Waals surface area contributed by atoms with Crippen molar-refractivity contribution >= 4 is 57.4 Å². The minimum atomic E-state index is -0.319. The Balaban J connectivity index is 1.31. The van der Waals surface area contributed by atoms with E-state index in [0.717, 1.165) is 5.56 Å². The Morgan fingerprint density at radius 1 is 1.03 bits per heavy atom. The van der Waals surface area contributed by atoms with Crippen LogP contribution in [0.5, 0.6) is 0 Å². The predicted molar refractivity (Wildman–Crippen MR) is 117 cm³/mol. The number of imide groups is 1. The molecule has 0 fully saturated rings. The molecule has 1 aromatic heterocycles. The van der Waals surface area contributed by atoms with Gasteiger partial charge in [-0.05, 0) is 36.8 Å². The number of aromatic nitrogens is 1. The van der Waals surface area contributed by atoms with Crippen molar-refractivity contribution in [3.05, 3.63) is 69.0 Å². The van der Waals surface area contributed by atoms with Crippen LogP contribution in [-0.4, -0.2) is 34.2 Å². The van der Waals surface area contributed by atoms with Gasteiger partial charge >= 0.3 is 0 Å². The smallest absolute Gasteiger partial charge is 0.261 e. The second kappa shape index (κ2) is 8.55. The quantitative estimate of drug-likeness (QED) is 0.518. The van der Waals surface area contributed by atoms with Crippen LogP contribution in [0.2, 0.25) is 10.0 Å². The fraction of sp³-hybridized carbons (Fsp3) is 0.143. The van der Waals surface area contributed by atoms with Crippen LogP contribution in [0, 0.1) is 0 Å². The van der Waals surface area contributed by atoms with Gasteiger partial charge in [-0.3, -0.25) is 19.3 Å². The zero-order valence-corrected chi connectivity index (χ0v) is 17.9. The molecule has 0 atom stereocenters. The van der Waals surface area contributed by atoms with Crippen LogP contribution in [0.25, 0.3) is 11.3 Å². The number of benzene rings is 2. The molecule has 2 heterocycles. The largest absolute Gasteiger partial charge is 0.302 e. The molecular formula is C21H15Cl2N3O3S. The van der Waals surface area contributed by atoms with Crippen molar-refractivity contribution < 1.29 is 14.4 Å². The molecule has 0 aliphatic carbocycles. The van der Waals surface area contributed by atoms with E-state index in [-0.39, 0.29) is 30.7 Å². The van der Waals surface area contributed by atoms with Gasteiger partial charge in [0.15, 0.2) is 5.13 Å². The lowest BCUT2D eigenvalue weighted by Crippen LogP contribution is -2.31. The van der Waals surface area contributed by atoms with E-state index in [1.165, 1.54) is 16.2 Å². The molecule has 152 valence electrons. The highest BCUT2D eigenvalue weighted by Gasteiger charge is 2.34. The molecular weight excluding hydrogens is 445 g/mol. The fourth-order valence-corrected chi connectivity index (χ4v) is 4.41. The van der Waals surface area contributed by atoms with Gasteiger partial charge in [0.05, 0.1) is 21.8 Å². The molecule has 0 bridgehead atoms. The zero-order chi connectivity index (χ0) is 21.3. The molecule has 9 heteroatoms. The van der Waals surface area contributed by atoms with Crippen LogP contribution in [0.4, 0.5) is 5.13 Å². The lowest BCUT2D eigenvalue weighted by atomic mass is 10.1. The molecule has 1 aliphatic rings. The normalized spacial score (nSPS) is 12.9. The fourth-order valence-electron chi connectivity index (χ4n) is 3.17. The number of anilines is 1. The van der Waals surface area contributed by atoms with Crippen LogP contribution < -0.4 is 5.32 Å². The monoisotopic (exact) mass is 459 g/mol. The van der Waals surface area contributed by atoms with Gasteiger partial charge in [0.1, 0.15) is 0 Å². The first-order valence-corrected chi connectivity index (χ1v) is 10.7. The first kappa shape index (κ1) is 20.5. The summed E-state index contributed by atoms with van der Waals surface area (Å²) in [5.74, 6) is -0.879. The molecule has 3 amide bonds. The molecule has 0 unspecified atom stereocenters. The Morgan fingerprint density at radius 2 is 1.73 bits per heavy atom. The van der Waals surface area contributed by atoms with E-state index in [4.69, 9.17) is 23.2 Å². The summed E-state index contributed by atoms with van der Waals surface area (Å²) in [6.07, 6.45) is 0.516. The Labute approximate surface area is 186 Å². The average Bonchev–Trinajstić information content (AvgIpc) is 3.26. The van der Waals surface area contributed by atoms with Crippen LogP contribution in [0.3, 0.4) is 0 Å². The van der Waals surface area contributed by atoms with E-state index in [1.54, 1.807) is 47.8 Å². The van der Waals surface area contributed by atoms with E-state index >= 15 is 0 Å². The molecule has 30 heavy (non-hydrogen) atoms. The van der Waals surface area contributed by atoms with Crippen LogP contribution in [0.15, 0.2) is 47.8 Å².